The summed E-state index contributed by atoms with van der Waals surface area (Å²) in [6, 6.07) is 0.900. The number of nitrogens with one attached hydrogen (secondary N) is 1. The van der Waals surface area contributed by atoms with E-state index < -0.39 is 6.04 Å². The number of hydrogen-bond donors (Lipinski definition) is 1. The normalized spacial score (nSPS) is 19.1. The molecule has 2 amide bonds. The fourth-order valence-electron chi connectivity index (χ4n) is 2.89. The van der Waals surface area contributed by atoms with Crippen molar-refractivity contribution in [3.05, 3.63) is 27.7 Å². The highest BCUT2D eigenvalue weighted by Crippen LogP contribution is 2.18. The Morgan fingerprint density at radius 3 is 2.95 bits per heavy atom. The molecule has 1 atom stereocenters. The Hall–Kier alpha value is -2.18. The summed E-state index contributed by atoms with van der Waals surface area (Å²) >= 11 is 0. The van der Waals surface area contributed by atoms with E-state index in [1.807, 2.05) is 0 Å². The van der Waals surface area contributed by atoms with Crippen LogP contribution in [0.5, 0.6) is 0 Å². The van der Waals surface area contributed by atoms with Crippen molar-refractivity contribution in [1.29, 1.82) is 0 Å². The standard InChI is InChI=1S/C14H18N4O3/c1-9(14(21)17-6-5-15-12(19)8-17)18-13(20)7-10-3-2-4-11(10)16-18/h7,9H,2-6,8H2,1H3,(H,15,19). The second-order valence-corrected chi connectivity index (χ2v) is 5.54. The molecule has 3 rings (SSSR count). The Labute approximate surface area is 121 Å². The molecular weight excluding hydrogens is 272 g/mol. The van der Waals surface area contributed by atoms with Crippen molar-refractivity contribution in [2.45, 2.75) is 32.2 Å². The van der Waals surface area contributed by atoms with Gasteiger partial charge in [-0.2, -0.15) is 5.10 Å². The molecule has 2 heterocycles. The van der Waals surface area contributed by atoms with Gasteiger partial charge in [-0.1, -0.05) is 0 Å². The molecule has 21 heavy (non-hydrogen) atoms. The molecule has 1 aromatic heterocycles. The van der Waals surface area contributed by atoms with Crippen molar-refractivity contribution in [2.75, 3.05) is 19.6 Å². The van der Waals surface area contributed by atoms with Crippen molar-refractivity contribution >= 4 is 11.8 Å². The van der Waals surface area contributed by atoms with Gasteiger partial charge in [-0.25, -0.2) is 4.68 Å². The zero-order valence-electron chi connectivity index (χ0n) is 12.0. The van der Waals surface area contributed by atoms with Crippen molar-refractivity contribution < 1.29 is 9.59 Å². The Morgan fingerprint density at radius 2 is 2.19 bits per heavy atom. The molecule has 1 aliphatic heterocycles. The minimum absolute atomic E-state index is 0.0445. The fourth-order valence-corrected chi connectivity index (χ4v) is 2.89. The van der Waals surface area contributed by atoms with E-state index in [9.17, 15) is 14.4 Å². The van der Waals surface area contributed by atoms with Crippen LogP contribution >= 0.6 is 0 Å². The van der Waals surface area contributed by atoms with Crippen LogP contribution in [0, 0.1) is 0 Å². The van der Waals surface area contributed by atoms with E-state index in [1.165, 1.54) is 9.58 Å². The maximum absolute atomic E-state index is 12.4. The second-order valence-electron chi connectivity index (χ2n) is 5.54. The summed E-state index contributed by atoms with van der Waals surface area (Å²) in [5.41, 5.74) is 1.65. The van der Waals surface area contributed by atoms with Gasteiger partial charge in [0.05, 0.1) is 12.2 Å². The van der Waals surface area contributed by atoms with Crippen LogP contribution < -0.4 is 10.9 Å². The second kappa shape index (κ2) is 5.31. The predicted molar refractivity (Wildman–Crippen MR) is 74.8 cm³/mol. The van der Waals surface area contributed by atoms with Crippen molar-refractivity contribution in [1.82, 2.24) is 20.0 Å². The number of aromatic nitrogens is 2. The van der Waals surface area contributed by atoms with Crippen LogP contribution in [0.3, 0.4) is 0 Å². The van der Waals surface area contributed by atoms with Gasteiger partial charge in [0, 0.05) is 19.2 Å². The van der Waals surface area contributed by atoms with E-state index >= 15 is 0 Å². The first-order valence-corrected chi connectivity index (χ1v) is 7.23. The first-order valence-electron chi connectivity index (χ1n) is 7.23. The number of aryl methyl sites for hydroxylation is 2. The van der Waals surface area contributed by atoms with Gasteiger partial charge in [0.2, 0.25) is 11.8 Å². The molecule has 1 unspecified atom stereocenters. The highest BCUT2D eigenvalue weighted by molar-refractivity contribution is 5.87. The van der Waals surface area contributed by atoms with Crippen LogP contribution in [-0.4, -0.2) is 46.1 Å². The number of carbonyl (C=O) groups is 2. The summed E-state index contributed by atoms with van der Waals surface area (Å²) in [6.45, 7) is 2.62. The lowest BCUT2D eigenvalue weighted by Crippen LogP contribution is -2.52. The summed E-state index contributed by atoms with van der Waals surface area (Å²) in [4.78, 5) is 37.4. The van der Waals surface area contributed by atoms with Crippen molar-refractivity contribution in [3.63, 3.8) is 0 Å². The molecule has 1 saturated heterocycles. The third kappa shape index (κ3) is 2.55. The predicted octanol–water partition coefficient (Wildman–Crippen LogP) is -0.749. The van der Waals surface area contributed by atoms with E-state index in [0.29, 0.717) is 13.1 Å². The van der Waals surface area contributed by atoms with Gasteiger partial charge < -0.3 is 10.2 Å². The van der Waals surface area contributed by atoms with E-state index in [-0.39, 0.29) is 23.9 Å². The topological polar surface area (TPSA) is 84.3 Å². The Bertz CT molecular complexity index is 652. The Kier molecular flexibility index (Phi) is 3.48. The van der Waals surface area contributed by atoms with Crippen LogP contribution in [0.1, 0.15) is 30.6 Å². The SMILES string of the molecule is CC(C(=O)N1CCNC(=O)C1)n1nc2c(cc1=O)CCC2. The molecule has 0 spiro atoms. The molecule has 7 heteroatoms. The fraction of sp³-hybridized carbons (Fsp3) is 0.571. The molecule has 0 bridgehead atoms. The van der Waals surface area contributed by atoms with Gasteiger partial charge in [0.15, 0.2) is 0 Å². The average molecular weight is 290 g/mol. The van der Waals surface area contributed by atoms with Crippen LogP contribution in [0.2, 0.25) is 0 Å². The number of fused-ring (bicyclic) bond motifs is 1. The largest absolute Gasteiger partial charge is 0.353 e. The van der Waals surface area contributed by atoms with Gasteiger partial charge in [-0.05, 0) is 31.7 Å². The maximum atomic E-state index is 12.4. The monoisotopic (exact) mass is 290 g/mol. The first-order chi connectivity index (χ1) is 10.1. The average Bonchev–Trinajstić information content (AvgIpc) is 2.92. The minimum atomic E-state index is -0.686. The van der Waals surface area contributed by atoms with Gasteiger partial charge in [0.25, 0.3) is 5.56 Å². The van der Waals surface area contributed by atoms with Crippen LogP contribution in [-0.2, 0) is 22.4 Å². The molecule has 112 valence electrons. The zero-order chi connectivity index (χ0) is 15.0. The lowest BCUT2D eigenvalue weighted by Gasteiger charge is -2.29. The minimum Gasteiger partial charge on any atom is -0.353 e. The molecule has 1 fully saturated rings. The summed E-state index contributed by atoms with van der Waals surface area (Å²) in [5.74, 6) is -0.409. The highest BCUT2D eigenvalue weighted by atomic mass is 16.2. The zero-order valence-corrected chi connectivity index (χ0v) is 12.0. The van der Waals surface area contributed by atoms with Crippen LogP contribution in [0.4, 0.5) is 0 Å². The van der Waals surface area contributed by atoms with E-state index in [4.69, 9.17) is 0 Å². The lowest BCUT2D eigenvalue weighted by atomic mass is 10.2. The molecule has 1 N–H and O–H groups in total. The quantitative estimate of drug-likeness (QED) is 0.777. The molecule has 0 saturated carbocycles. The summed E-state index contributed by atoms with van der Waals surface area (Å²) < 4.78 is 1.25. The Balaban J connectivity index is 1.84. The van der Waals surface area contributed by atoms with Gasteiger partial charge in [0.1, 0.15) is 6.04 Å². The molecule has 0 radical (unpaired) electrons. The molecule has 7 nitrogen and oxygen atoms in total. The lowest BCUT2D eigenvalue weighted by molar-refractivity contribution is -0.140. The van der Waals surface area contributed by atoms with E-state index in [1.54, 1.807) is 13.0 Å². The third-order valence-corrected chi connectivity index (χ3v) is 4.06. The third-order valence-electron chi connectivity index (χ3n) is 4.06. The van der Waals surface area contributed by atoms with Gasteiger partial charge in [-0.15, -0.1) is 0 Å². The first kappa shape index (κ1) is 13.8. The summed E-state index contributed by atoms with van der Waals surface area (Å²) in [7, 11) is 0. The molecular formula is C14H18N4O3. The van der Waals surface area contributed by atoms with E-state index in [2.05, 4.69) is 10.4 Å². The molecule has 2 aliphatic rings. The smallest absolute Gasteiger partial charge is 0.267 e. The van der Waals surface area contributed by atoms with Crippen molar-refractivity contribution in [3.8, 4) is 0 Å². The molecule has 0 aromatic carbocycles. The number of piperazine rings is 1. The number of nitrogens with zero attached hydrogens (tertiary/aromatic N) is 3. The van der Waals surface area contributed by atoms with Crippen LogP contribution in [0.25, 0.3) is 0 Å². The van der Waals surface area contributed by atoms with Crippen LogP contribution in [0.15, 0.2) is 10.9 Å². The number of hydrogen-bond acceptors (Lipinski definition) is 4. The Morgan fingerprint density at radius 1 is 1.38 bits per heavy atom. The highest BCUT2D eigenvalue weighted by Gasteiger charge is 2.28. The van der Waals surface area contributed by atoms with Gasteiger partial charge >= 0.3 is 0 Å². The van der Waals surface area contributed by atoms with E-state index in [0.717, 1.165) is 30.5 Å². The number of carbonyl (C=O) groups excluding carboxylic acids is 2. The number of amides is 2. The molecule has 1 aromatic rings. The molecule has 1 aliphatic carbocycles. The van der Waals surface area contributed by atoms with Crippen molar-refractivity contribution in [2.24, 2.45) is 0 Å². The summed E-state index contributed by atoms with van der Waals surface area (Å²) in [5, 5.41) is 7.02. The number of rotatable bonds is 2. The summed E-state index contributed by atoms with van der Waals surface area (Å²) in [6.07, 6.45) is 2.73. The van der Waals surface area contributed by atoms with Gasteiger partial charge in [-0.3, -0.25) is 14.4 Å². The maximum Gasteiger partial charge on any atom is 0.267 e.